The molecule has 0 aliphatic heterocycles. The fourth-order valence-electron chi connectivity index (χ4n) is 0.797. The van der Waals surface area contributed by atoms with Crippen LogP contribution in [0.2, 0.25) is 0 Å². The van der Waals surface area contributed by atoms with Gasteiger partial charge in [0, 0.05) is 6.42 Å². The van der Waals surface area contributed by atoms with Crippen LogP contribution in [0.25, 0.3) is 0 Å². The smallest absolute Gasteiger partial charge is 0.211 e. The lowest BCUT2D eigenvalue weighted by Gasteiger charge is -1.91. The molecule has 0 N–H and O–H groups in total. The van der Waals surface area contributed by atoms with Crippen molar-refractivity contribution in [1.82, 2.24) is 9.36 Å². The highest BCUT2D eigenvalue weighted by Crippen LogP contribution is 2.05. The number of unbranched alkanes of at least 4 members (excludes halogenated alkanes) is 2. The van der Waals surface area contributed by atoms with Crippen molar-refractivity contribution in [1.29, 1.82) is 0 Å². The Morgan fingerprint density at radius 2 is 2.40 bits per heavy atom. The average molecular weight is 155 g/mol. The van der Waals surface area contributed by atoms with Crippen LogP contribution in [-0.2, 0) is 6.42 Å². The molecule has 1 rings (SSSR count). The van der Waals surface area contributed by atoms with Crippen molar-refractivity contribution >= 4 is 11.5 Å². The molecule has 0 saturated carbocycles. The van der Waals surface area contributed by atoms with Gasteiger partial charge in [-0.1, -0.05) is 19.8 Å². The molecule has 0 amide bonds. The van der Waals surface area contributed by atoms with Gasteiger partial charge in [0.05, 0.1) is 0 Å². The summed E-state index contributed by atoms with van der Waals surface area (Å²) in [6, 6.07) is 0. The maximum Gasteiger partial charge on any atom is 0.211 e. The number of aromatic nitrogens is 2. The molecule has 2 nitrogen and oxygen atoms in total. The molecule has 0 atom stereocenters. The highest BCUT2D eigenvalue weighted by molar-refractivity contribution is 7.05. The molecule has 10 heavy (non-hydrogen) atoms. The molecule has 0 aliphatic rings. The first-order valence-corrected chi connectivity index (χ1v) is 4.39. The molecule has 1 aromatic heterocycles. The molecular weight excluding hydrogens is 144 g/mol. The van der Waals surface area contributed by atoms with Gasteiger partial charge in [-0.2, -0.15) is 4.37 Å². The second kappa shape index (κ2) is 4.39. The van der Waals surface area contributed by atoms with Crippen molar-refractivity contribution in [2.24, 2.45) is 0 Å². The molecule has 0 bridgehead atoms. The van der Waals surface area contributed by atoms with Crippen LogP contribution in [0.4, 0.5) is 0 Å². The Morgan fingerprint density at radius 1 is 1.50 bits per heavy atom. The van der Waals surface area contributed by atoms with Crippen molar-refractivity contribution in [3.63, 3.8) is 0 Å². The lowest BCUT2D eigenvalue weighted by molar-refractivity contribution is 0.714. The molecular formula is C7H11N2S. The van der Waals surface area contributed by atoms with Crippen molar-refractivity contribution in [3.8, 4) is 0 Å². The predicted octanol–water partition coefficient (Wildman–Crippen LogP) is 2.07. The molecule has 1 radical (unpaired) electrons. The molecule has 0 unspecified atom stereocenters. The van der Waals surface area contributed by atoms with E-state index in [4.69, 9.17) is 0 Å². The number of aryl methyl sites for hydroxylation is 1. The third-order valence-electron chi connectivity index (χ3n) is 1.36. The van der Waals surface area contributed by atoms with Gasteiger partial charge in [-0.25, -0.2) is 4.98 Å². The molecule has 0 aliphatic carbocycles. The summed E-state index contributed by atoms with van der Waals surface area (Å²) in [5.41, 5.74) is 0. The van der Waals surface area contributed by atoms with E-state index >= 15 is 0 Å². The summed E-state index contributed by atoms with van der Waals surface area (Å²) < 4.78 is 3.81. The van der Waals surface area contributed by atoms with Crippen molar-refractivity contribution in [2.75, 3.05) is 0 Å². The Hall–Kier alpha value is -0.440. The third-order valence-corrected chi connectivity index (χ3v) is 2.04. The number of hydrogen-bond acceptors (Lipinski definition) is 3. The van der Waals surface area contributed by atoms with Crippen molar-refractivity contribution < 1.29 is 0 Å². The van der Waals surface area contributed by atoms with Crippen LogP contribution in [-0.4, -0.2) is 9.36 Å². The second-order valence-electron chi connectivity index (χ2n) is 2.25. The number of hydrogen-bond donors (Lipinski definition) is 0. The van der Waals surface area contributed by atoms with E-state index in [1.165, 1.54) is 30.8 Å². The van der Waals surface area contributed by atoms with E-state index in [-0.39, 0.29) is 0 Å². The molecule has 1 heterocycles. The van der Waals surface area contributed by atoms with Gasteiger partial charge in [0.25, 0.3) is 0 Å². The maximum absolute atomic E-state index is 3.97. The zero-order chi connectivity index (χ0) is 7.23. The molecule has 0 fully saturated rings. The summed E-state index contributed by atoms with van der Waals surface area (Å²) in [7, 11) is 0. The van der Waals surface area contributed by atoms with Crippen LogP contribution in [0.3, 0.4) is 0 Å². The third kappa shape index (κ3) is 2.43. The Morgan fingerprint density at radius 3 is 3.00 bits per heavy atom. The molecule has 0 saturated heterocycles. The van der Waals surface area contributed by atoms with Gasteiger partial charge in [-0.05, 0) is 18.0 Å². The Bertz CT molecular complexity index is 160. The summed E-state index contributed by atoms with van der Waals surface area (Å²) in [6.07, 6.45) is 7.45. The highest BCUT2D eigenvalue weighted by Gasteiger charge is 1.94. The minimum Gasteiger partial charge on any atom is -0.217 e. The van der Waals surface area contributed by atoms with E-state index in [0.29, 0.717) is 0 Å². The van der Waals surface area contributed by atoms with Gasteiger partial charge in [-0.15, -0.1) is 0 Å². The summed E-state index contributed by atoms with van der Waals surface area (Å²) in [5.74, 6) is 0. The van der Waals surface area contributed by atoms with Crippen LogP contribution >= 0.6 is 11.5 Å². The number of nitrogens with zero attached hydrogens (tertiary/aromatic N) is 2. The summed E-state index contributed by atoms with van der Waals surface area (Å²) in [5, 5.41) is 1.12. The van der Waals surface area contributed by atoms with E-state index in [1.54, 1.807) is 0 Å². The Kier molecular flexibility index (Phi) is 3.36. The quantitative estimate of drug-likeness (QED) is 0.622. The van der Waals surface area contributed by atoms with E-state index in [2.05, 4.69) is 22.6 Å². The zero-order valence-electron chi connectivity index (χ0n) is 6.13. The first-order valence-electron chi connectivity index (χ1n) is 3.62. The lowest BCUT2D eigenvalue weighted by atomic mass is 10.2. The van der Waals surface area contributed by atoms with E-state index in [9.17, 15) is 0 Å². The monoisotopic (exact) mass is 155 g/mol. The van der Waals surface area contributed by atoms with Gasteiger partial charge in [0.15, 0.2) is 0 Å². The van der Waals surface area contributed by atoms with Crippen LogP contribution in [0.1, 0.15) is 31.2 Å². The summed E-state index contributed by atoms with van der Waals surface area (Å²) >= 11 is 1.46. The topological polar surface area (TPSA) is 25.8 Å². The SMILES string of the molecule is CCCCCc1n[c]ns1. The van der Waals surface area contributed by atoms with Crippen LogP contribution in [0.5, 0.6) is 0 Å². The number of rotatable bonds is 4. The van der Waals surface area contributed by atoms with Gasteiger partial charge in [0.1, 0.15) is 5.01 Å². The maximum atomic E-state index is 3.97. The van der Waals surface area contributed by atoms with Gasteiger partial charge in [-0.3, -0.25) is 0 Å². The van der Waals surface area contributed by atoms with Gasteiger partial charge in [0.2, 0.25) is 6.33 Å². The van der Waals surface area contributed by atoms with Crippen molar-refractivity contribution in [2.45, 2.75) is 32.6 Å². The molecule has 1 aromatic rings. The highest BCUT2D eigenvalue weighted by atomic mass is 32.1. The molecule has 0 spiro atoms. The van der Waals surface area contributed by atoms with E-state index in [0.717, 1.165) is 11.4 Å². The molecule has 55 valence electrons. The lowest BCUT2D eigenvalue weighted by Crippen LogP contribution is -1.82. The van der Waals surface area contributed by atoms with Crippen LogP contribution in [0.15, 0.2) is 0 Å². The first kappa shape index (κ1) is 7.66. The fourth-order valence-corrected chi connectivity index (χ4v) is 1.30. The summed E-state index contributed by atoms with van der Waals surface area (Å²) in [4.78, 5) is 3.97. The predicted molar refractivity (Wildman–Crippen MR) is 42.0 cm³/mol. The zero-order valence-corrected chi connectivity index (χ0v) is 6.95. The van der Waals surface area contributed by atoms with Crippen molar-refractivity contribution in [3.05, 3.63) is 11.3 Å². The first-order chi connectivity index (χ1) is 4.93. The van der Waals surface area contributed by atoms with Gasteiger partial charge >= 0.3 is 0 Å². The Labute approximate surface area is 65.5 Å². The normalized spacial score (nSPS) is 10.1. The van der Waals surface area contributed by atoms with E-state index in [1.807, 2.05) is 0 Å². The molecule has 3 heteroatoms. The molecule has 0 aromatic carbocycles. The van der Waals surface area contributed by atoms with Crippen LogP contribution in [0, 0.1) is 6.33 Å². The van der Waals surface area contributed by atoms with Gasteiger partial charge < -0.3 is 0 Å². The Balaban J connectivity index is 2.15. The minimum atomic E-state index is 1.08. The standard InChI is InChI=1S/C7H11N2S/c1-2-3-4-5-7-8-6-9-10-7/h2-5H2,1H3. The van der Waals surface area contributed by atoms with Crippen LogP contribution < -0.4 is 0 Å². The second-order valence-corrected chi connectivity index (χ2v) is 3.08. The largest absolute Gasteiger partial charge is 0.217 e. The fraction of sp³-hybridized carbons (Fsp3) is 0.714. The van der Waals surface area contributed by atoms with E-state index < -0.39 is 0 Å². The minimum absolute atomic E-state index is 1.08. The summed E-state index contributed by atoms with van der Waals surface area (Å²) in [6.45, 7) is 2.20. The average Bonchev–Trinajstić information content (AvgIpc) is 2.41.